The van der Waals surface area contributed by atoms with Crippen LogP contribution in [0.4, 0.5) is 10.8 Å². The van der Waals surface area contributed by atoms with Crippen LogP contribution in [0.5, 0.6) is 5.75 Å². The molecule has 0 spiro atoms. The van der Waals surface area contributed by atoms with Crippen molar-refractivity contribution in [1.82, 2.24) is 19.9 Å². The summed E-state index contributed by atoms with van der Waals surface area (Å²) < 4.78 is 6.90. The lowest BCUT2D eigenvalue weighted by Gasteiger charge is -2.32. The Hall–Kier alpha value is -3.47. The second-order valence-corrected chi connectivity index (χ2v) is 9.50. The molecule has 3 aromatic rings. The van der Waals surface area contributed by atoms with E-state index in [0.717, 1.165) is 19.4 Å². The lowest BCUT2D eigenvalue weighted by atomic mass is 9.97. The number of nitrogens with one attached hydrogen (secondary N) is 2. The van der Waals surface area contributed by atoms with Crippen molar-refractivity contribution in [3.05, 3.63) is 40.9 Å². The van der Waals surface area contributed by atoms with Crippen LogP contribution in [-0.4, -0.2) is 52.6 Å². The largest absolute Gasteiger partial charge is 0.495 e. The van der Waals surface area contributed by atoms with Gasteiger partial charge in [-0.3, -0.25) is 19.0 Å². The number of piperidine rings is 1. The Kier molecular flexibility index (Phi) is 7.11. The molecule has 1 atom stereocenters. The summed E-state index contributed by atoms with van der Waals surface area (Å²) in [5.74, 6) is 0.0899. The zero-order valence-electron chi connectivity index (χ0n) is 19.4. The molecule has 1 aliphatic heterocycles. The van der Waals surface area contributed by atoms with Crippen LogP contribution in [0.2, 0.25) is 0 Å². The Morgan fingerprint density at radius 2 is 2.09 bits per heavy atom. The van der Waals surface area contributed by atoms with Gasteiger partial charge in [-0.1, -0.05) is 23.5 Å². The fourth-order valence-electron chi connectivity index (χ4n) is 3.94. The molecule has 11 heteroatoms. The molecule has 34 heavy (non-hydrogen) atoms. The van der Waals surface area contributed by atoms with Crippen LogP contribution in [0.25, 0.3) is 10.3 Å². The van der Waals surface area contributed by atoms with Crippen LogP contribution in [0.15, 0.2) is 35.4 Å². The zero-order valence-corrected chi connectivity index (χ0v) is 20.2. The second kappa shape index (κ2) is 10.2. The predicted octanol–water partition coefficient (Wildman–Crippen LogP) is 2.24. The van der Waals surface area contributed by atoms with Gasteiger partial charge in [-0.15, -0.1) is 0 Å². The molecule has 180 valence electrons. The van der Waals surface area contributed by atoms with Gasteiger partial charge in [0.1, 0.15) is 23.3 Å². The number of nitrogens with zero attached hydrogens (tertiary/aromatic N) is 4. The van der Waals surface area contributed by atoms with Gasteiger partial charge in [0.25, 0.3) is 5.56 Å². The standard InChI is InChI=1S/C23H28N6O4S/c1-14(2)25-21(31)15-7-6-10-28(11-15)23-27-20-19(34-23)22(32)29(13-24-20)12-18(30)26-16-8-4-5-9-17(16)33-3/h4-5,8-9,13-15H,6-7,10-12H2,1-3H3,(H,25,31)(H,26,30). The van der Waals surface area contributed by atoms with Gasteiger partial charge in [0.2, 0.25) is 11.8 Å². The number of rotatable bonds is 7. The van der Waals surface area contributed by atoms with Gasteiger partial charge in [-0.05, 0) is 38.8 Å². The van der Waals surface area contributed by atoms with E-state index in [1.54, 1.807) is 24.3 Å². The third-order valence-electron chi connectivity index (χ3n) is 5.56. The molecule has 2 aromatic heterocycles. The van der Waals surface area contributed by atoms with Gasteiger partial charge in [0.15, 0.2) is 10.8 Å². The first-order chi connectivity index (χ1) is 16.4. The quantitative estimate of drug-likeness (QED) is 0.528. The first kappa shape index (κ1) is 23.7. The van der Waals surface area contributed by atoms with Crippen LogP contribution in [-0.2, 0) is 16.1 Å². The monoisotopic (exact) mass is 484 g/mol. The van der Waals surface area contributed by atoms with E-state index < -0.39 is 0 Å². The average Bonchev–Trinajstić information content (AvgIpc) is 3.26. The summed E-state index contributed by atoms with van der Waals surface area (Å²) in [6, 6.07) is 7.15. The highest BCUT2D eigenvalue weighted by Gasteiger charge is 2.28. The van der Waals surface area contributed by atoms with E-state index in [9.17, 15) is 14.4 Å². The number of anilines is 2. The van der Waals surface area contributed by atoms with Crippen molar-refractivity contribution in [2.24, 2.45) is 5.92 Å². The van der Waals surface area contributed by atoms with Gasteiger partial charge >= 0.3 is 0 Å². The van der Waals surface area contributed by atoms with Gasteiger partial charge in [0.05, 0.1) is 18.7 Å². The van der Waals surface area contributed by atoms with Gasteiger partial charge in [0, 0.05) is 19.1 Å². The Bertz CT molecular complexity index is 1250. The summed E-state index contributed by atoms with van der Waals surface area (Å²) in [7, 11) is 1.52. The topological polar surface area (TPSA) is 118 Å². The smallest absolute Gasteiger partial charge is 0.273 e. The highest BCUT2D eigenvalue weighted by Crippen LogP contribution is 2.29. The molecular formula is C23H28N6O4S. The van der Waals surface area contributed by atoms with Gasteiger partial charge in [-0.25, -0.2) is 4.98 Å². The molecule has 1 aliphatic rings. The maximum Gasteiger partial charge on any atom is 0.273 e. The van der Waals surface area contributed by atoms with E-state index in [0.29, 0.717) is 33.5 Å². The molecule has 0 radical (unpaired) electrons. The number of benzene rings is 1. The average molecular weight is 485 g/mol. The molecule has 0 aliphatic carbocycles. The molecule has 0 saturated carbocycles. The van der Waals surface area contributed by atoms with Crippen molar-refractivity contribution < 1.29 is 14.3 Å². The fourth-order valence-corrected chi connectivity index (χ4v) is 4.95. The molecule has 1 saturated heterocycles. The number of hydrogen-bond acceptors (Lipinski definition) is 8. The summed E-state index contributed by atoms with van der Waals surface area (Å²) in [5.41, 5.74) is 0.550. The zero-order chi connectivity index (χ0) is 24.2. The third kappa shape index (κ3) is 5.19. The first-order valence-corrected chi connectivity index (χ1v) is 12.0. The summed E-state index contributed by atoms with van der Waals surface area (Å²) >= 11 is 1.24. The molecule has 1 unspecified atom stereocenters. The lowest BCUT2D eigenvalue weighted by molar-refractivity contribution is -0.125. The van der Waals surface area contributed by atoms with Crippen LogP contribution < -0.4 is 25.8 Å². The third-order valence-corrected chi connectivity index (χ3v) is 6.65. The number of carbonyl (C=O) groups is 2. The first-order valence-electron chi connectivity index (χ1n) is 11.2. The predicted molar refractivity (Wildman–Crippen MR) is 132 cm³/mol. The van der Waals surface area contributed by atoms with Crippen molar-refractivity contribution in [3.63, 3.8) is 0 Å². The van der Waals surface area contributed by atoms with Crippen molar-refractivity contribution >= 4 is 44.3 Å². The fraction of sp³-hybridized carbons (Fsp3) is 0.435. The van der Waals surface area contributed by atoms with Gasteiger partial charge in [-0.2, -0.15) is 4.98 Å². The molecule has 4 rings (SSSR count). The SMILES string of the molecule is COc1ccccc1NC(=O)Cn1cnc2nc(N3CCCC(C(=O)NC(C)C)C3)sc2c1=O. The number of para-hydroxylation sites is 2. The number of aromatic nitrogens is 3. The minimum Gasteiger partial charge on any atom is -0.495 e. The Labute approximate surface area is 201 Å². The number of methoxy groups -OCH3 is 1. The van der Waals surface area contributed by atoms with Crippen LogP contribution >= 0.6 is 11.3 Å². The number of ether oxygens (including phenoxy) is 1. The Balaban J connectivity index is 1.50. The highest BCUT2D eigenvalue weighted by atomic mass is 32.1. The summed E-state index contributed by atoms with van der Waals surface area (Å²) in [4.78, 5) is 48.9. The Morgan fingerprint density at radius 3 is 2.85 bits per heavy atom. The number of fused-ring (bicyclic) bond motifs is 1. The molecule has 0 bridgehead atoms. The van der Waals surface area contributed by atoms with Crippen molar-refractivity contribution in [1.29, 1.82) is 0 Å². The van der Waals surface area contributed by atoms with E-state index in [-0.39, 0.29) is 35.9 Å². The van der Waals surface area contributed by atoms with Crippen molar-refractivity contribution in [2.45, 2.75) is 39.3 Å². The number of carbonyl (C=O) groups excluding carboxylic acids is 2. The van der Waals surface area contributed by atoms with E-state index in [4.69, 9.17) is 4.74 Å². The summed E-state index contributed by atoms with van der Waals surface area (Å²) in [6.07, 6.45) is 3.03. The van der Waals surface area contributed by atoms with Crippen LogP contribution in [0, 0.1) is 5.92 Å². The normalized spacial score (nSPS) is 16.0. The molecule has 10 nitrogen and oxygen atoms in total. The summed E-state index contributed by atoms with van der Waals surface area (Å²) in [5, 5.41) is 6.40. The molecule has 1 fully saturated rings. The number of amides is 2. The highest BCUT2D eigenvalue weighted by molar-refractivity contribution is 7.22. The Morgan fingerprint density at radius 1 is 1.29 bits per heavy atom. The minimum absolute atomic E-state index is 0.0438. The van der Waals surface area contributed by atoms with E-state index in [1.165, 1.54) is 29.3 Å². The van der Waals surface area contributed by atoms with Gasteiger partial charge < -0.3 is 20.3 Å². The maximum atomic E-state index is 13.0. The maximum absolute atomic E-state index is 13.0. The minimum atomic E-state index is -0.368. The second-order valence-electron chi connectivity index (χ2n) is 8.52. The molecule has 3 heterocycles. The molecular weight excluding hydrogens is 456 g/mol. The molecule has 2 amide bonds. The number of thiazole rings is 1. The van der Waals surface area contributed by atoms with Crippen LogP contribution in [0.1, 0.15) is 26.7 Å². The lowest BCUT2D eigenvalue weighted by Crippen LogP contribution is -2.44. The molecule has 1 aromatic carbocycles. The van der Waals surface area contributed by atoms with Crippen LogP contribution in [0.3, 0.4) is 0 Å². The van der Waals surface area contributed by atoms with E-state index in [2.05, 4.69) is 20.6 Å². The van der Waals surface area contributed by atoms with E-state index >= 15 is 0 Å². The number of hydrogen-bond donors (Lipinski definition) is 2. The van der Waals surface area contributed by atoms with Crippen molar-refractivity contribution in [2.75, 3.05) is 30.4 Å². The molecule has 2 N–H and O–H groups in total. The van der Waals surface area contributed by atoms with Crippen molar-refractivity contribution in [3.8, 4) is 5.75 Å². The summed E-state index contributed by atoms with van der Waals surface area (Å²) in [6.45, 7) is 5.02. The van der Waals surface area contributed by atoms with E-state index in [1.807, 2.05) is 18.7 Å².